The molecule has 6 heteroatoms. The lowest BCUT2D eigenvalue weighted by molar-refractivity contribution is 0.495. The van der Waals surface area contributed by atoms with E-state index >= 15 is 0 Å². The molecule has 2 N–H and O–H groups in total. The van der Waals surface area contributed by atoms with Crippen LogP contribution in [0.4, 0.5) is 0 Å². The summed E-state index contributed by atoms with van der Waals surface area (Å²) in [6, 6.07) is 2.18. The quantitative estimate of drug-likeness (QED) is 0.448. The van der Waals surface area contributed by atoms with Crippen LogP contribution in [0.15, 0.2) is 16.5 Å². The molecule has 2 heterocycles. The number of hydrazone groups is 1. The van der Waals surface area contributed by atoms with Crippen LogP contribution < -0.4 is 10.7 Å². The third-order valence-corrected chi connectivity index (χ3v) is 3.42. The van der Waals surface area contributed by atoms with Crippen molar-refractivity contribution in [1.29, 1.82) is 5.26 Å². The average Bonchev–Trinajstić information content (AvgIpc) is 2.61. The van der Waals surface area contributed by atoms with Gasteiger partial charge in [0.25, 0.3) is 0 Å². The summed E-state index contributed by atoms with van der Waals surface area (Å²) < 4.78 is 0. The van der Waals surface area contributed by atoms with E-state index in [0.29, 0.717) is 17.1 Å². The molecule has 0 aromatic rings. The van der Waals surface area contributed by atoms with Crippen molar-refractivity contribution in [2.24, 2.45) is 5.10 Å². The van der Waals surface area contributed by atoms with Crippen LogP contribution in [0.5, 0.6) is 0 Å². The minimum atomic E-state index is 0.479. The van der Waals surface area contributed by atoms with Crippen molar-refractivity contribution in [3.05, 3.63) is 11.4 Å². The standard InChI is InChI=1S/C12H17N5S/c1-2-14-12(18)9(8-13)11-16-15-10-6-4-3-5-7-17(10)11/h16H,2-7H2,1H3,(H,14,18)/b11-9+. The maximum atomic E-state index is 9.29. The first-order valence-corrected chi connectivity index (χ1v) is 6.71. The molecule has 0 bridgehead atoms. The van der Waals surface area contributed by atoms with Gasteiger partial charge in [0.15, 0.2) is 0 Å². The van der Waals surface area contributed by atoms with E-state index in [1.807, 2.05) is 6.92 Å². The molecule has 2 aliphatic rings. The summed E-state index contributed by atoms with van der Waals surface area (Å²) in [6.45, 7) is 3.58. The Balaban J connectivity index is 2.27. The lowest BCUT2D eigenvalue weighted by Crippen LogP contribution is -2.32. The van der Waals surface area contributed by atoms with Crippen LogP contribution >= 0.6 is 12.2 Å². The lowest BCUT2D eigenvalue weighted by Gasteiger charge is -2.20. The molecule has 0 radical (unpaired) electrons. The van der Waals surface area contributed by atoms with E-state index in [9.17, 15) is 5.26 Å². The van der Waals surface area contributed by atoms with Crippen molar-refractivity contribution in [1.82, 2.24) is 15.6 Å². The highest BCUT2D eigenvalue weighted by Gasteiger charge is 2.27. The molecule has 0 amide bonds. The molecule has 1 fully saturated rings. The molecule has 0 saturated carbocycles. The molecule has 5 nitrogen and oxygen atoms in total. The zero-order valence-corrected chi connectivity index (χ0v) is 11.3. The summed E-state index contributed by atoms with van der Waals surface area (Å²) in [5.41, 5.74) is 3.44. The molecule has 2 rings (SSSR count). The van der Waals surface area contributed by atoms with Crippen molar-refractivity contribution < 1.29 is 0 Å². The number of amidine groups is 1. The molecule has 2 aliphatic heterocycles. The van der Waals surface area contributed by atoms with Crippen molar-refractivity contribution in [2.45, 2.75) is 32.6 Å². The highest BCUT2D eigenvalue weighted by atomic mass is 32.1. The molecule has 1 saturated heterocycles. The molecule has 0 atom stereocenters. The van der Waals surface area contributed by atoms with Gasteiger partial charge in [-0.05, 0) is 19.8 Å². The Morgan fingerprint density at radius 3 is 3.11 bits per heavy atom. The van der Waals surface area contributed by atoms with Crippen LogP contribution in [-0.2, 0) is 0 Å². The molecule has 0 spiro atoms. The van der Waals surface area contributed by atoms with Crippen LogP contribution in [-0.4, -0.2) is 28.8 Å². The Bertz CT molecular complexity index is 446. The summed E-state index contributed by atoms with van der Waals surface area (Å²) in [4.78, 5) is 2.58. The van der Waals surface area contributed by atoms with Gasteiger partial charge < -0.3 is 10.2 Å². The van der Waals surface area contributed by atoms with E-state index in [2.05, 4.69) is 26.8 Å². The van der Waals surface area contributed by atoms with Crippen molar-refractivity contribution in [3.8, 4) is 6.07 Å². The van der Waals surface area contributed by atoms with Crippen LogP contribution in [0.2, 0.25) is 0 Å². The van der Waals surface area contributed by atoms with Gasteiger partial charge in [0.1, 0.15) is 28.3 Å². The lowest BCUT2D eigenvalue weighted by atomic mass is 10.2. The van der Waals surface area contributed by atoms with Crippen LogP contribution in [0.25, 0.3) is 0 Å². The summed E-state index contributed by atoms with van der Waals surface area (Å²) >= 11 is 5.23. The molecule has 0 aromatic carbocycles. The van der Waals surface area contributed by atoms with Crippen molar-refractivity contribution in [2.75, 3.05) is 13.1 Å². The molecule has 18 heavy (non-hydrogen) atoms. The molecular formula is C12H17N5S. The summed E-state index contributed by atoms with van der Waals surface area (Å²) in [7, 11) is 0. The summed E-state index contributed by atoms with van der Waals surface area (Å²) in [5, 5.41) is 16.6. The van der Waals surface area contributed by atoms with Crippen LogP contribution in [0.3, 0.4) is 0 Å². The maximum Gasteiger partial charge on any atom is 0.149 e. The normalized spacial score (nSPS) is 21.1. The van der Waals surface area contributed by atoms with Gasteiger partial charge in [0.05, 0.1) is 0 Å². The number of likely N-dealkylation sites (N-methyl/N-ethyl adjacent to an activating group) is 1. The monoisotopic (exact) mass is 263 g/mol. The predicted molar refractivity (Wildman–Crippen MR) is 74.7 cm³/mol. The molecular weight excluding hydrogens is 246 g/mol. The van der Waals surface area contributed by atoms with E-state index in [1.165, 1.54) is 6.42 Å². The first kappa shape index (κ1) is 12.8. The number of rotatable bonds is 2. The number of nitrogens with one attached hydrogen (secondary N) is 2. The van der Waals surface area contributed by atoms with Gasteiger partial charge in [-0.1, -0.05) is 18.6 Å². The van der Waals surface area contributed by atoms with Crippen molar-refractivity contribution >= 4 is 23.0 Å². The SMILES string of the molecule is CCNC(=S)/C(C#N)=C1\NN=C2CCCCCN21. The zero-order valence-electron chi connectivity index (χ0n) is 10.5. The van der Waals surface area contributed by atoms with Crippen LogP contribution in [0, 0.1) is 11.3 Å². The number of thiocarbonyl (C=S) groups is 1. The van der Waals surface area contributed by atoms with Gasteiger partial charge in [-0.3, -0.25) is 5.43 Å². The third-order valence-electron chi connectivity index (χ3n) is 3.07. The fourth-order valence-corrected chi connectivity index (χ4v) is 2.47. The first-order valence-electron chi connectivity index (χ1n) is 6.30. The topological polar surface area (TPSA) is 63.5 Å². The average molecular weight is 263 g/mol. The second kappa shape index (κ2) is 5.83. The largest absolute Gasteiger partial charge is 0.375 e. The van der Waals surface area contributed by atoms with Crippen LogP contribution in [0.1, 0.15) is 32.6 Å². The Labute approximate surface area is 113 Å². The highest BCUT2D eigenvalue weighted by Crippen LogP contribution is 2.22. The van der Waals surface area contributed by atoms with Crippen molar-refractivity contribution in [3.63, 3.8) is 0 Å². The second-order valence-electron chi connectivity index (χ2n) is 4.30. The minimum absolute atomic E-state index is 0.479. The first-order chi connectivity index (χ1) is 8.77. The van der Waals surface area contributed by atoms with E-state index in [-0.39, 0.29) is 0 Å². The number of hydrogen-bond acceptors (Lipinski definition) is 5. The van der Waals surface area contributed by atoms with Gasteiger partial charge in [0.2, 0.25) is 0 Å². The maximum absolute atomic E-state index is 9.29. The Morgan fingerprint density at radius 1 is 1.56 bits per heavy atom. The second-order valence-corrected chi connectivity index (χ2v) is 4.71. The van der Waals surface area contributed by atoms with E-state index in [4.69, 9.17) is 12.2 Å². The van der Waals surface area contributed by atoms with E-state index in [0.717, 1.165) is 37.5 Å². The summed E-state index contributed by atoms with van der Waals surface area (Å²) in [6.07, 6.45) is 4.45. The van der Waals surface area contributed by atoms with Gasteiger partial charge in [-0.25, -0.2) is 0 Å². The molecule has 0 aromatic heterocycles. The Morgan fingerprint density at radius 2 is 2.39 bits per heavy atom. The predicted octanol–water partition coefficient (Wildman–Crippen LogP) is 1.45. The summed E-state index contributed by atoms with van der Waals surface area (Å²) in [5.74, 6) is 1.76. The molecule has 0 unspecified atom stereocenters. The Kier molecular flexibility index (Phi) is 4.15. The molecule has 0 aliphatic carbocycles. The smallest absolute Gasteiger partial charge is 0.149 e. The van der Waals surface area contributed by atoms with Gasteiger partial charge in [0, 0.05) is 19.5 Å². The van der Waals surface area contributed by atoms with Gasteiger partial charge in [-0.2, -0.15) is 10.4 Å². The third kappa shape index (κ3) is 2.46. The van der Waals surface area contributed by atoms with E-state index < -0.39 is 0 Å². The van der Waals surface area contributed by atoms with Gasteiger partial charge in [-0.15, -0.1) is 0 Å². The molecule has 96 valence electrons. The highest BCUT2D eigenvalue weighted by molar-refractivity contribution is 7.80. The number of nitriles is 1. The fraction of sp³-hybridized carbons (Fsp3) is 0.583. The number of hydrogen-bond donors (Lipinski definition) is 2. The van der Waals surface area contributed by atoms with E-state index in [1.54, 1.807) is 0 Å². The minimum Gasteiger partial charge on any atom is -0.375 e. The van der Waals surface area contributed by atoms with Gasteiger partial charge >= 0.3 is 0 Å². The zero-order chi connectivity index (χ0) is 13.0. The number of nitrogens with zero attached hydrogens (tertiary/aromatic N) is 3. The fourth-order valence-electron chi connectivity index (χ4n) is 2.18. The Hall–Kier alpha value is -1.61. The number of fused-ring (bicyclic) bond motifs is 1.